The summed E-state index contributed by atoms with van der Waals surface area (Å²) >= 11 is 1.47. The van der Waals surface area contributed by atoms with Crippen LogP contribution in [-0.4, -0.2) is 32.7 Å². The molecule has 5 nitrogen and oxygen atoms in total. The van der Waals surface area contributed by atoms with Crippen LogP contribution in [0.1, 0.15) is 22.5 Å². The summed E-state index contributed by atoms with van der Waals surface area (Å²) in [6.07, 6.45) is 4.56. The molecule has 6 heteroatoms. The van der Waals surface area contributed by atoms with E-state index in [1.165, 1.54) is 17.3 Å². The van der Waals surface area contributed by atoms with Gasteiger partial charge in [0.05, 0.1) is 11.3 Å². The summed E-state index contributed by atoms with van der Waals surface area (Å²) in [5.41, 5.74) is 4.01. The molecule has 21 heavy (non-hydrogen) atoms. The van der Waals surface area contributed by atoms with Crippen LogP contribution in [0.3, 0.4) is 0 Å². The number of nitrogens with zero attached hydrogens (tertiary/aromatic N) is 3. The molecule has 0 saturated carbocycles. The third kappa shape index (κ3) is 3.01. The van der Waals surface area contributed by atoms with Gasteiger partial charge in [0.25, 0.3) is 5.56 Å². The Hall–Kier alpha value is -1.66. The molecule has 2 aromatic rings. The topological polar surface area (TPSA) is 61.9 Å². The molecule has 1 N–H and O–H groups in total. The molecule has 1 aliphatic heterocycles. The molecule has 0 fully saturated rings. The highest BCUT2D eigenvalue weighted by molar-refractivity contribution is 7.98. The number of fused-ring (bicyclic) bond motifs is 1. The summed E-state index contributed by atoms with van der Waals surface area (Å²) in [5, 5.41) is 0.704. The molecular weight excluding hydrogens is 284 g/mol. The second-order valence-corrected chi connectivity index (χ2v) is 6.00. The van der Waals surface area contributed by atoms with E-state index in [1.54, 1.807) is 0 Å². The first-order valence-corrected chi connectivity index (χ1v) is 8.18. The Morgan fingerprint density at radius 2 is 2.33 bits per heavy atom. The molecule has 0 amide bonds. The van der Waals surface area contributed by atoms with Gasteiger partial charge in [-0.25, -0.2) is 4.98 Å². The first-order chi connectivity index (χ1) is 10.2. The highest BCUT2D eigenvalue weighted by Crippen LogP contribution is 2.18. The molecule has 0 saturated heterocycles. The van der Waals surface area contributed by atoms with Crippen LogP contribution in [0.5, 0.6) is 0 Å². The van der Waals surface area contributed by atoms with E-state index in [1.807, 2.05) is 25.4 Å². The van der Waals surface area contributed by atoms with Crippen molar-refractivity contribution >= 4 is 11.8 Å². The standard InChI is InChI=1S/C15H18N4OS/c1-10-11(4-3-6-16-10)8-19-7-5-13-12(9-19)14(20)18-15(17-13)21-2/h3-4,6H,5,7-9H2,1-2H3,(H,17,18,20). The summed E-state index contributed by atoms with van der Waals surface area (Å²) in [6.45, 7) is 4.42. The van der Waals surface area contributed by atoms with Gasteiger partial charge in [0.2, 0.25) is 0 Å². The number of hydrogen-bond acceptors (Lipinski definition) is 5. The summed E-state index contributed by atoms with van der Waals surface area (Å²) in [6, 6.07) is 4.05. The second-order valence-electron chi connectivity index (χ2n) is 5.21. The summed E-state index contributed by atoms with van der Waals surface area (Å²) < 4.78 is 0. The molecule has 1 aliphatic rings. The fraction of sp³-hybridized carbons (Fsp3) is 0.400. The van der Waals surface area contributed by atoms with Gasteiger partial charge < -0.3 is 4.98 Å². The quantitative estimate of drug-likeness (QED) is 0.691. The van der Waals surface area contributed by atoms with Gasteiger partial charge in [-0.2, -0.15) is 0 Å². The molecule has 0 aliphatic carbocycles. The summed E-state index contributed by atoms with van der Waals surface area (Å²) in [5.74, 6) is 0. The lowest BCUT2D eigenvalue weighted by Gasteiger charge is -2.27. The SMILES string of the molecule is CSc1nc2c(c(=O)[nH]1)CN(Cc1cccnc1C)CC2. The van der Waals surface area contributed by atoms with Crippen molar-refractivity contribution in [2.75, 3.05) is 12.8 Å². The van der Waals surface area contributed by atoms with E-state index in [0.717, 1.165) is 36.5 Å². The monoisotopic (exact) mass is 302 g/mol. The van der Waals surface area contributed by atoms with Crippen LogP contribution in [0.2, 0.25) is 0 Å². The van der Waals surface area contributed by atoms with Crippen molar-refractivity contribution in [1.29, 1.82) is 0 Å². The van der Waals surface area contributed by atoms with Crippen molar-refractivity contribution in [3.05, 3.63) is 51.2 Å². The predicted molar refractivity (Wildman–Crippen MR) is 83.4 cm³/mol. The number of rotatable bonds is 3. The fourth-order valence-corrected chi connectivity index (χ4v) is 3.01. The number of aryl methyl sites for hydroxylation is 1. The normalized spacial score (nSPS) is 15.0. The van der Waals surface area contributed by atoms with Gasteiger partial charge in [0.15, 0.2) is 5.16 Å². The molecular formula is C15H18N4OS. The third-order valence-corrected chi connectivity index (χ3v) is 4.41. The van der Waals surface area contributed by atoms with Crippen LogP contribution >= 0.6 is 11.8 Å². The van der Waals surface area contributed by atoms with E-state index in [2.05, 4.69) is 25.9 Å². The van der Waals surface area contributed by atoms with E-state index in [9.17, 15) is 4.79 Å². The lowest BCUT2D eigenvalue weighted by atomic mass is 10.1. The van der Waals surface area contributed by atoms with Crippen molar-refractivity contribution in [2.45, 2.75) is 31.6 Å². The zero-order chi connectivity index (χ0) is 14.8. The van der Waals surface area contributed by atoms with E-state index in [0.29, 0.717) is 11.7 Å². The van der Waals surface area contributed by atoms with Gasteiger partial charge in [-0.15, -0.1) is 0 Å². The minimum absolute atomic E-state index is 0.00282. The predicted octanol–water partition coefficient (Wildman–Crippen LogP) is 1.75. The molecule has 0 bridgehead atoms. The van der Waals surface area contributed by atoms with Crippen LogP contribution in [0, 0.1) is 6.92 Å². The van der Waals surface area contributed by atoms with E-state index in [-0.39, 0.29) is 5.56 Å². The Morgan fingerprint density at radius 1 is 1.48 bits per heavy atom. The van der Waals surface area contributed by atoms with Gasteiger partial charge in [-0.3, -0.25) is 14.7 Å². The molecule has 0 atom stereocenters. The Balaban J connectivity index is 1.82. The van der Waals surface area contributed by atoms with E-state index < -0.39 is 0 Å². The Labute approximate surface area is 127 Å². The lowest BCUT2D eigenvalue weighted by molar-refractivity contribution is 0.240. The smallest absolute Gasteiger partial charge is 0.256 e. The molecule has 110 valence electrons. The van der Waals surface area contributed by atoms with Gasteiger partial charge in [-0.1, -0.05) is 17.8 Å². The Bertz CT molecular complexity index is 713. The highest BCUT2D eigenvalue weighted by Gasteiger charge is 2.21. The maximum absolute atomic E-state index is 12.2. The average molecular weight is 302 g/mol. The maximum atomic E-state index is 12.2. The largest absolute Gasteiger partial charge is 0.301 e. The summed E-state index contributed by atoms with van der Waals surface area (Å²) in [7, 11) is 0. The number of thioether (sulfide) groups is 1. The van der Waals surface area contributed by atoms with Gasteiger partial charge >= 0.3 is 0 Å². The minimum Gasteiger partial charge on any atom is -0.301 e. The van der Waals surface area contributed by atoms with Crippen molar-refractivity contribution in [2.24, 2.45) is 0 Å². The van der Waals surface area contributed by atoms with Gasteiger partial charge in [0.1, 0.15) is 0 Å². The molecule has 0 spiro atoms. The van der Waals surface area contributed by atoms with Crippen LogP contribution in [-0.2, 0) is 19.5 Å². The summed E-state index contributed by atoms with van der Waals surface area (Å²) in [4.78, 5) is 26.1. The van der Waals surface area contributed by atoms with Gasteiger partial charge in [0, 0.05) is 37.9 Å². The molecule has 3 rings (SSSR count). The zero-order valence-electron chi connectivity index (χ0n) is 12.2. The molecule has 0 unspecified atom stereocenters. The fourth-order valence-electron chi connectivity index (χ4n) is 2.62. The Morgan fingerprint density at radius 3 is 3.10 bits per heavy atom. The first kappa shape index (κ1) is 14.3. The Kier molecular flexibility index (Phi) is 4.07. The van der Waals surface area contributed by atoms with Gasteiger partial charge in [-0.05, 0) is 24.8 Å². The molecule has 3 heterocycles. The average Bonchev–Trinajstić information content (AvgIpc) is 2.50. The number of aromatic nitrogens is 3. The maximum Gasteiger partial charge on any atom is 0.256 e. The van der Waals surface area contributed by atoms with Crippen molar-refractivity contribution in [3.8, 4) is 0 Å². The van der Waals surface area contributed by atoms with E-state index >= 15 is 0 Å². The number of H-pyrrole nitrogens is 1. The number of nitrogens with one attached hydrogen (secondary N) is 1. The van der Waals surface area contributed by atoms with Crippen LogP contribution in [0.25, 0.3) is 0 Å². The van der Waals surface area contributed by atoms with Crippen LogP contribution < -0.4 is 5.56 Å². The number of aromatic amines is 1. The van der Waals surface area contributed by atoms with Crippen LogP contribution in [0.15, 0.2) is 28.3 Å². The lowest BCUT2D eigenvalue weighted by Crippen LogP contribution is -2.35. The number of hydrogen-bond donors (Lipinski definition) is 1. The van der Waals surface area contributed by atoms with E-state index in [4.69, 9.17) is 0 Å². The van der Waals surface area contributed by atoms with Crippen molar-refractivity contribution < 1.29 is 0 Å². The first-order valence-electron chi connectivity index (χ1n) is 6.96. The minimum atomic E-state index is -0.00282. The third-order valence-electron chi connectivity index (χ3n) is 3.83. The molecule has 0 radical (unpaired) electrons. The zero-order valence-corrected chi connectivity index (χ0v) is 13.0. The van der Waals surface area contributed by atoms with Crippen LogP contribution in [0.4, 0.5) is 0 Å². The highest BCUT2D eigenvalue weighted by atomic mass is 32.2. The van der Waals surface area contributed by atoms with Crippen molar-refractivity contribution in [1.82, 2.24) is 19.9 Å². The molecule has 0 aromatic carbocycles. The van der Waals surface area contributed by atoms with Crippen molar-refractivity contribution in [3.63, 3.8) is 0 Å². The number of pyridine rings is 1. The second kappa shape index (κ2) is 5.99. The molecule has 2 aromatic heterocycles.